The van der Waals surface area contributed by atoms with Crippen molar-refractivity contribution < 1.29 is 13.5 Å². The molecule has 0 aliphatic heterocycles. The lowest BCUT2D eigenvalue weighted by molar-refractivity contribution is -0.0291. The van der Waals surface area contributed by atoms with Crippen LogP contribution < -0.4 is 5.32 Å². The first-order valence-electron chi connectivity index (χ1n) is 7.54. The van der Waals surface area contributed by atoms with Crippen LogP contribution in [-0.2, 0) is 4.74 Å². The summed E-state index contributed by atoms with van der Waals surface area (Å²) in [6, 6.07) is 2.22. The number of hydrogen-bond donors (Lipinski definition) is 1. The Hall–Kier alpha value is -0.710. The molecular weight excluding hydrogens is 296 g/mol. The third-order valence-electron chi connectivity index (χ3n) is 4.03. The molecule has 1 N–H and O–H groups in total. The second kappa shape index (κ2) is 7.52. The molecule has 0 amide bonds. The van der Waals surface area contributed by atoms with Crippen molar-refractivity contribution in [2.45, 2.75) is 45.3 Å². The van der Waals surface area contributed by atoms with E-state index in [2.05, 4.69) is 5.32 Å². The van der Waals surface area contributed by atoms with Crippen LogP contribution in [0, 0.1) is 17.6 Å². The predicted molar refractivity (Wildman–Crippen MR) is 80.5 cm³/mol. The summed E-state index contributed by atoms with van der Waals surface area (Å²) in [5.41, 5.74) is 0.636. The Kier molecular flexibility index (Phi) is 5.97. The van der Waals surface area contributed by atoms with Gasteiger partial charge in [0.05, 0.1) is 6.10 Å². The highest BCUT2D eigenvalue weighted by Crippen LogP contribution is 2.38. The normalized spacial score (nSPS) is 22.9. The standard InChI is InChI=1S/C16H22ClF2NO/c1-3-20-16(7-10-5-11(6-10)21-4-2)12-8-14(18)15(19)9-13(12)17/h8-11,16,20H,3-7H2,1-2H3. The molecule has 1 fully saturated rings. The highest BCUT2D eigenvalue weighted by Gasteiger charge is 2.32. The van der Waals surface area contributed by atoms with Crippen molar-refractivity contribution in [3.8, 4) is 0 Å². The molecule has 2 nitrogen and oxygen atoms in total. The van der Waals surface area contributed by atoms with E-state index in [0.29, 0.717) is 17.6 Å². The summed E-state index contributed by atoms with van der Waals surface area (Å²) in [6.07, 6.45) is 3.26. The number of hydrogen-bond acceptors (Lipinski definition) is 2. The Morgan fingerprint density at radius 1 is 1.29 bits per heavy atom. The van der Waals surface area contributed by atoms with E-state index >= 15 is 0 Å². The molecule has 1 aliphatic rings. The fourth-order valence-electron chi connectivity index (χ4n) is 2.94. The Bertz CT molecular complexity index is 478. The molecule has 0 radical (unpaired) electrons. The number of ether oxygens (including phenoxy) is 1. The second-order valence-corrected chi connectivity index (χ2v) is 5.96. The van der Waals surface area contributed by atoms with Gasteiger partial charge in [0.1, 0.15) is 0 Å². The van der Waals surface area contributed by atoms with Gasteiger partial charge in [0.2, 0.25) is 0 Å². The van der Waals surface area contributed by atoms with Gasteiger partial charge in [0.25, 0.3) is 0 Å². The third kappa shape index (κ3) is 4.15. The zero-order chi connectivity index (χ0) is 15.4. The quantitative estimate of drug-likeness (QED) is 0.749. The fourth-order valence-corrected chi connectivity index (χ4v) is 3.23. The minimum absolute atomic E-state index is 0.0508. The topological polar surface area (TPSA) is 21.3 Å². The Labute approximate surface area is 129 Å². The van der Waals surface area contributed by atoms with E-state index in [9.17, 15) is 8.78 Å². The molecule has 1 atom stereocenters. The second-order valence-electron chi connectivity index (χ2n) is 5.55. The Morgan fingerprint density at radius 3 is 2.57 bits per heavy atom. The van der Waals surface area contributed by atoms with Gasteiger partial charge in [-0.2, -0.15) is 0 Å². The molecule has 0 spiro atoms. The van der Waals surface area contributed by atoms with E-state index in [4.69, 9.17) is 16.3 Å². The maximum Gasteiger partial charge on any atom is 0.160 e. The van der Waals surface area contributed by atoms with Gasteiger partial charge in [-0.05, 0) is 56.3 Å². The monoisotopic (exact) mass is 317 g/mol. The Morgan fingerprint density at radius 2 is 1.95 bits per heavy atom. The van der Waals surface area contributed by atoms with E-state index in [1.54, 1.807) is 0 Å². The van der Waals surface area contributed by atoms with E-state index in [1.165, 1.54) is 6.07 Å². The molecule has 0 aromatic heterocycles. The molecule has 0 saturated heterocycles. The van der Waals surface area contributed by atoms with Gasteiger partial charge >= 0.3 is 0 Å². The first-order valence-corrected chi connectivity index (χ1v) is 7.92. The van der Waals surface area contributed by atoms with Crippen molar-refractivity contribution in [3.63, 3.8) is 0 Å². The van der Waals surface area contributed by atoms with Crippen molar-refractivity contribution in [1.82, 2.24) is 5.32 Å². The van der Waals surface area contributed by atoms with Crippen molar-refractivity contribution in [2.75, 3.05) is 13.2 Å². The lowest BCUT2D eigenvalue weighted by Crippen LogP contribution is -2.35. The SMILES string of the molecule is CCNC(CC1CC(OCC)C1)c1cc(F)c(F)cc1Cl. The average molecular weight is 318 g/mol. The van der Waals surface area contributed by atoms with Gasteiger partial charge in [-0.3, -0.25) is 0 Å². The smallest absolute Gasteiger partial charge is 0.160 e. The van der Waals surface area contributed by atoms with Crippen LogP contribution in [0.4, 0.5) is 8.78 Å². The third-order valence-corrected chi connectivity index (χ3v) is 4.36. The maximum absolute atomic E-state index is 13.5. The summed E-state index contributed by atoms with van der Waals surface area (Å²) >= 11 is 6.08. The maximum atomic E-state index is 13.5. The van der Waals surface area contributed by atoms with Gasteiger partial charge in [0.15, 0.2) is 11.6 Å². The molecule has 0 bridgehead atoms. The van der Waals surface area contributed by atoms with Crippen molar-refractivity contribution in [2.24, 2.45) is 5.92 Å². The minimum atomic E-state index is -0.904. The van der Waals surface area contributed by atoms with Crippen LogP contribution in [0.2, 0.25) is 5.02 Å². The van der Waals surface area contributed by atoms with Crippen molar-refractivity contribution in [3.05, 3.63) is 34.4 Å². The summed E-state index contributed by atoms with van der Waals surface area (Å²) in [5.74, 6) is -1.22. The molecule has 1 aromatic carbocycles. The van der Waals surface area contributed by atoms with Crippen LogP contribution in [0.5, 0.6) is 0 Å². The van der Waals surface area contributed by atoms with E-state index in [-0.39, 0.29) is 11.1 Å². The van der Waals surface area contributed by atoms with Crippen LogP contribution in [0.1, 0.15) is 44.7 Å². The lowest BCUT2D eigenvalue weighted by atomic mass is 9.77. The van der Waals surface area contributed by atoms with Crippen LogP contribution in [0.25, 0.3) is 0 Å². The molecule has 1 unspecified atom stereocenters. The first-order chi connectivity index (χ1) is 10.0. The summed E-state index contributed by atoms with van der Waals surface area (Å²) in [4.78, 5) is 0. The number of halogens is 3. The van der Waals surface area contributed by atoms with E-state index in [0.717, 1.165) is 38.5 Å². The molecule has 1 aromatic rings. The Balaban J connectivity index is 2.04. The number of benzene rings is 1. The molecule has 5 heteroatoms. The van der Waals surface area contributed by atoms with Crippen LogP contribution in [-0.4, -0.2) is 19.3 Å². The first kappa shape index (κ1) is 16.7. The van der Waals surface area contributed by atoms with Gasteiger partial charge in [-0.25, -0.2) is 8.78 Å². The molecule has 118 valence electrons. The summed E-state index contributed by atoms with van der Waals surface area (Å²) in [7, 11) is 0. The molecule has 1 saturated carbocycles. The van der Waals surface area contributed by atoms with E-state index < -0.39 is 11.6 Å². The molecule has 1 aliphatic carbocycles. The predicted octanol–water partition coefficient (Wildman–Crippen LogP) is 4.47. The summed E-state index contributed by atoms with van der Waals surface area (Å²) in [6.45, 7) is 5.48. The highest BCUT2D eigenvalue weighted by atomic mass is 35.5. The van der Waals surface area contributed by atoms with Gasteiger partial charge < -0.3 is 10.1 Å². The average Bonchev–Trinajstić information content (AvgIpc) is 2.40. The van der Waals surface area contributed by atoms with Gasteiger partial charge in [-0.15, -0.1) is 0 Å². The van der Waals surface area contributed by atoms with Gasteiger partial charge in [0, 0.05) is 17.7 Å². The number of rotatable bonds is 7. The van der Waals surface area contributed by atoms with Gasteiger partial charge in [-0.1, -0.05) is 18.5 Å². The van der Waals surface area contributed by atoms with Crippen LogP contribution in [0.15, 0.2) is 12.1 Å². The molecule has 0 heterocycles. The number of nitrogens with one attached hydrogen (secondary N) is 1. The van der Waals surface area contributed by atoms with Crippen LogP contribution >= 0.6 is 11.6 Å². The fraction of sp³-hybridized carbons (Fsp3) is 0.625. The van der Waals surface area contributed by atoms with Crippen molar-refractivity contribution >= 4 is 11.6 Å². The minimum Gasteiger partial charge on any atom is -0.378 e. The molecule has 2 rings (SSSR count). The highest BCUT2D eigenvalue weighted by molar-refractivity contribution is 6.31. The summed E-state index contributed by atoms with van der Waals surface area (Å²) < 4.78 is 32.2. The largest absolute Gasteiger partial charge is 0.378 e. The molecular formula is C16H22ClF2NO. The van der Waals surface area contributed by atoms with Crippen molar-refractivity contribution in [1.29, 1.82) is 0 Å². The zero-order valence-corrected chi connectivity index (χ0v) is 13.2. The molecule has 21 heavy (non-hydrogen) atoms. The lowest BCUT2D eigenvalue weighted by Gasteiger charge is -2.37. The zero-order valence-electron chi connectivity index (χ0n) is 12.5. The summed E-state index contributed by atoms with van der Waals surface area (Å²) in [5, 5.41) is 3.60. The van der Waals surface area contributed by atoms with Crippen LogP contribution in [0.3, 0.4) is 0 Å². The van der Waals surface area contributed by atoms with E-state index in [1.807, 2.05) is 13.8 Å².